The Balaban J connectivity index is 2.82. The molecule has 6 nitrogen and oxygen atoms in total. The Hall–Kier alpha value is -0.240. The van der Waals surface area contributed by atoms with Crippen LogP contribution in [0.2, 0.25) is 0 Å². The van der Waals surface area contributed by atoms with Gasteiger partial charge in [0.1, 0.15) is 0 Å². The lowest BCUT2D eigenvalue weighted by molar-refractivity contribution is -0.0107. The predicted molar refractivity (Wildman–Crippen MR) is 75.0 cm³/mol. The van der Waals surface area contributed by atoms with Crippen molar-refractivity contribution in [3.05, 3.63) is 0 Å². The van der Waals surface area contributed by atoms with Gasteiger partial charge in [-0.15, -0.1) is 0 Å². The number of hydrogen-bond acceptors (Lipinski definition) is 6. The highest BCUT2D eigenvalue weighted by Gasteiger charge is 2.36. The van der Waals surface area contributed by atoms with Crippen LogP contribution in [0.15, 0.2) is 0 Å². The summed E-state index contributed by atoms with van der Waals surface area (Å²) in [5.41, 5.74) is 0. The lowest BCUT2D eigenvalue weighted by Gasteiger charge is -2.39. The van der Waals surface area contributed by atoms with E-state index in [0.29, 0.717) is 13.0 Å². The van der Waals surface area contributed by atoms with Crippen LogP contribution in [0.3, 0.4) is 0 Å². The summed E-state index contributed by atoms with van der Waals surface area (Å²) < 4.78 is 0. The second-order valence-corrected chi connectivity index (χ2v) is 5.77. The van der Waals surface area contributed by atoms with Crippen LogP contribution < -0.4 is 5.32 Å². The molecule has 0 aromatic rings. The Morgan fingerprint density at radius 3 is 1.85 bits per heavy atom. The standard InChI is InChI=1S/C14H29NO5/c16-4-3-15-12-2-1-10(6-17)13(8-19)14(9-20)11(5-12)7-18/h10-20H,1-9H2/t10-,11-,12?,13-,14-/m1/s1. The lowest BCUT2D eigenvalue weighted by atomic mass is 9.70. The first-order valence-corrected chi connectivity index (χ1v) is 7.49. The molecule has 5 atom stereocenters. The van der Waals surface area contributed by atoms with E-state index in [1.165, 1.54) is 0 Å². The van der Waals surface area contributed by atoms with Crippen molar-refractivity contribution in [3.63, 3.8) is 0 Å². The van der Waals surface area contributed by atoms with Crippen LogP contribution in [-0.4, -0.2) is 71.2 Å². The molecule has 0 aromatic heterocycles. The van der Waals surface area contributed by atoms with Gasteiger partial charge in [0.15, 0.2) is 0 Å². The molecular formula is C14H29NO5. The molecule has 0 radical (unpaired) electrons. The molecule has 0 bridgehead atoms. The third-order valence-electron chi connectivity index (χ3n) is 4.67. The van der Waals surface area contributed by atoms with E-state index in [9.17, 15) is 20.4 Å². The number of hydrogen-bond donors (Lipinski definition) is 6. The van der Waals surface area contributed by atoms with Crippen molar-refractivity contribution in [3.8, 4) is 0 Å². The molecule has 1 saturated carbocycles. The minimum Gasteiger partial charge on any atom is -0.396 e. The summed E-state index contributed by atoms with van der Waals surface area (Å²) in [6, 6.07) is 0.155. The molecule has 0 aromatic carbocycles. The highest BCUT2D eigenvalue weighted by atomic mass is 16.3. The van der Waals surface area contributed by atoms with Gasteiger partial charge in [-0.3, -0.25) is 0 Å². The fourth-order valence-corrected chi connectivity index (χ4v) is 3.45. The quantitative estimate of drug-likeness (QED) is 0.342. The normalized spacial score (nSPS) is 35.5. The predicted octanol–water partition coefficient (Wildman–Crippen LogP) is -1.45. The molecule has 1 unspecified atom stereocenters. The van der Waals surface area contributed by atoms with Gasteiger partial charge in [0.2, 0.25) is 0 Å². The fourth-order valence-electron chi connectivity index (χ4n) is 3.45. The second-order valence-electron chi connectivity index (χ2n) is 5.77. The summed E-state index contributed by atoms with van der Waals surface area (Å²) in [7, 11) is 0. The topological polar surface area (TPSA) is 113 Å². The van der Waals surface area contributed by atoms with Gasteiger partial charge < -0.3 is 30.8 Å². The Kier molecular flexibility index (Phi) is 8.60. The van der Waals surface area contributed by atoms with E-state index in [4.69, 9.17) is 5.11 Å². The molecule has 0 aliphatic heterocycles. The highest BCUT2D eigenvalue weighted by molar-refractivity contribution is 4.87. The molecule has 0 spiro atoms. The summed E-state index contributed by atoms with van der Waals surface area (Å²) >= 11 is 0. The van der Waals surface area contributed by atoms with E-state index in [1.54, 1.807) is 0 Å². The molecule has 1 aliphatic rings. The number of nitrogens with one attached hydrogen (secondary N) is 1. The summed E-state index contributed by atoms with van der Waals surface area (Å²) in [4.78, 5) is 0. The summed E-state index contributed by atoms with van der Waals surface area (Å²) in [5.74, 6) is -0.561. The zero-order valence-corrected chi connectivity index (χ0v) is 12.0. The third kappa shape index (κ3) is 4.65. The van der Waals surface area contributed by atoms with Crippen molar-refractivity contribution in [2.24, 2.45) is 23.7 Å². The number of aliphatic hydroxyl groups excluding tert-OH is 5. The lowest BCUT2D eigenvalue weighted by Crippen LogP contribution is -2.44. The molecule has 6 heteroatoms. The first-order valence-electron chi connectivity index (χ1n) is 7.49. The van der Waals surface area contributed by atoms with E-state index in [1.807, 2.05) is 0 Å². The van der Waals surface area contributed by atoms with Gasteiger partial charge in [-0.25, -0.2) is 0 Å². The molecule has 20 heavy (non-hydrogen) atoms. The van der Waals surface area contributed by atoms with Gasteiger partial charge in [0.05, 0.1) is 6.61 Å². The molecule has 1 fully saturated rings. The Labute approximate surface area is 120 Å². The SMILES string of the molecule is OCCNC1CC[C@H](CO)[C@@H](CO)[C@H](CO)[C@@H](CO)C1. The van der Waals surface area contributed by atoms with Crippen molar-refractivity contribution in [1.29, 1.82) is 0 Å². The van der Waals surface area contributed by atoms with E-state index in [-0.39, 0.29) is 62.7 Å². The highest BCUT2D eigenvalue weighted by Crippen LogP contribution is 2.35. The first-order chi connectivity index (χ1) is 9.71. The maximum Gasteiger partial charge on any atom is 0.0556 e. The van der Waals surface area contributed by atoms with Gasteiger partial charge in [0, 0.05) is 39.0 Å². The molecular weight excluding hydrogens is 262 g/mol. The van der Waals surface area contributed by atoms with Crippen LogP contribution in [0.25, 0.3) is 0 Å². The van der Waals surface area contributed by atoms with Crippen LogP contribution in [-0.2, 0) is 0 Å². The van der Waals surface area contributed by atoms with Crippen molar-refractivity contribution >= 4 is 0 Å². The summed E-state index contributed by atoms with van der Waals surface area (Å²) in [5, 5.41) is 50.5. The van der Waals surface area contributed by atoms with Crippen LogP contribution >= 0.6 is 0 Å². The van der Waals surface area contributed by atoms with Crippen LogP contribution in [0.1, 0.15) is 19.3 Å². The van der Waals surface area contributed by atoms with E-state index in [0.717, 1.165) is 12.8 Å². The van der Waals surface area contributed by atoms with Gasteiger partial charge in [-0.05, 0) is 42.9 Å². The molecule has 6 N–H and O–H groups in total. The first kappa shape index (κ1) is 17.8. The summed E-state index contributed by atoms with van der Waals surface area (Å²) in [6.45, 7) is 0.317. The van der Waals surface area contributed by atoms with Crippen molar-refractivity contribution < 1.29 is 25.5 Å². The monoisotopic (exact) mass is 291 g/mol. The largest absolute Gasteiger partial charge is 0.396 e. The molecule has 0 saturated heterocycles. The zero-order valence-electron chi connectivity index (χ0n) is 12.0. The van der Waals surface area contributed by atoms with Crippen LogP contribution in [0, 0.1) is 23.7 Å². The van der Waals surface area contributed by atoms with Crippen LogP contribution in [0.4, 0.5) is 0 Å². The van der Waals surface area contributed by atoms with Gasteiger partial charge >= 0.3 is 0 Å². The zero-order chi connectivity index (χ0) is 15.0. The average molecular weight is 291 g/mol. The molecule has 1 aliphatic carbocycles. The van der Waals surface area contributed by atoms with E-state index < -0.39 is 0 Å². The molecule has 0 amide bonds. The van der Waals surface area contributed by atoms with Crippen molar-refractivity contribution in [1.82, 2.24) is 5.32 Å². The fraction of sp³-hybridized carbons (Fsp3) is 1.00. The summed E-state index contributed by atoms with van der Waals surface area (Å²) in [6.07, 6.45) is 2.30. The Morgan fingerprint density at radius 1 is 0.750 bits per heavy atom. The average Bonchev–Trinajstić information content (AvgIpc) is 2.46. The minimum atomic E-state index is -0.208. The minimum absolute atomic E-state index is 0.0212. The Morgan fingerprint density at radius 2 is 1.35 bits per heavy atom. The van der Waals surface area contributed by atoms with Crippen molar-refractivity contribution in [2.45, 2.75) is 25.3 Å². The van der Waals surface area contributed by atoms with Crippen LogP contribution in [0.5, 0.6) is 0 Å². The smallest absolute Gasteiger partial charge is 0.0556 e. The van der Waals surface area contributed by atoms with Gasteiger partial charge in [0.25, 0.3) is 0 Å². The maximum atomic E-state index is 9.62. The van der Waals surface area contributed by atoms with Gasteiger partial charge in [-0.1, -0.05) is 0 Å². The molecule has 1 rings (SSSR count). The maximum absolute atomic E-state index is 9.62. The van der Waals surface area contributed by atoms with E-state index >= 15 is 0 Å². The van der Waals surface area contributed by atoms with E-state index in [2.05, 4.69) is 5.32 Å². The Bertz CT molecular complexity index is 254. The second kappa shape index (κ2) is 9.65. The van der Waals surface area contributed by atoms with Crippen molar-refractivity contribution in [2.75, 3.05) is 39.6 Å². The van der Waals surface area contributed by atoms with Gasteiger partial charge in [-0.2, -0.15) is 0 Å². The number of aliphatic hydroxyl groups is 5. The third-order valence-corrected chi connectivity index (χ3v) is 4.67. The molecule has 0 heterocycles. The number of rotatable bonds is 7. The molecule has 120 valence electrons.